The van der Waals surface area contributed by atoms with Crippen LogP contribution in [-0.2, 0) is 5.21 Å². The molecular weight excluding hydrogens is 202 g/mol. The number of rotatable bonds is 3. The number of nitrogens with zero attached hydrogens (tertiary/aromatic N) is 1. The molecular formula is C13H26NO2. The quantitative estimate of drug-likeness (QED) is 0.807. The zero-order valence-corrected chi connectivity index (χ0v) is 11.3. The van der Waals surface area contributed by atoms with E-state index in [9.17, 15) is 10.3 Å². The van der Waals surface area contributed by atoms with E-state index in [0.717, 1.165) is 19.3 Å². The summed E-state index contributed by atoms with van der Waals surface area (Å²) in [5, 5.41) is 23.9. The van der Waals surface area contributed by atoms with E-state index < -0.39 is 16.7 Å². The van der Waals surface area contributed by atoms with Gasteiger partial charge in [0.05, 0.1) is 5.60 Å². The van der Waals surface area contributed by atoms with Crippen LogP contribution in [0.3, 0.4) is 0 Å². The number of hydroxylamine groups is 2. The Balaban J connectivity index is 2.85. The van der Waals surface area contributed by atoms with Crippen LogP contribution in [0.25, 0.3) is 0 Å². The van der Waals surface area contributed by atoms with Crippen molar-refractivity contribution in [2.24, 2.45) is 0 Å². The van der Waals surface area contributed by atoms with Gasteiger partial charge in [-0.05, 0) is 47.0 Å². The van der Waals surface area contributed by atoms with Gasteiger partial charge in [-0.25, -0.2) is 0 Å². The summed E-state index contributed by atoms with van der Waals surface area (Å²) in [5.41, 5.74) is -1.60. The van der Waals surface area contributed by atoms with Crippen LogP contribution in [0, 0.1) is 0 Å². The van der Waals surface area contributed by atoms with Crippen molar-refractivity contribution in [1.29, 1.82) is 0 Å². The molecule has 16 heavy (non-hydrogen) atoms. The van der Waals surface area contributed by atoms with Crippen LogP contribution in [0.1, 0.15) is 66.7 Å². The van der Waals surface area contributed by atoms with E-state index in [1.165, 1.54) is 5.06 Å². The number of unbranched alkanes of at least 4 members (excludes halogenated alkanes) is 1. The highest BCUT2D eigenvalue weighted by molar-refractivity contribution is 5.03. The van der Waals surface area contributed by atoms with Crippen LogP contribution in [0.5, 0.6) is 0 Å². The average Bonchev–Trinajstić information content (AvgIpc) is 2.10. The monoisotopic (exact) mass is 228 g/mol. The largest absolute Gasteiger partial charge is 0.390 e. The van der Waals surface area contributed by atoms with Crippen molar-refractivity contribution in [3.8, 4) is 0 Å². The normalized spacial score (nSPS) is 27.9. The van der Waals surface area contributed by atoms with Crippen molar-refractivity contribution in [3.63, 3.8) is 0 Å². The molecule has 95 valence electrons. The molecule has 1 N–H and O–H groups in total. The van der Waals surface area contributed by atoms with E-state index in [2.05, 4.69) is 6.92 Å². The Morgan fingerprint density at radius 2 is 1.56 bits per heavy atom. The third-order valence-electron chi connectivity index (χ3n) is 3.62. The third-order valence-corrected chi connectivity index (χ3v) is 3.62. The maximum absolute atomic E-state index is 12.1. The van der Waals surface area contributed by atoms with E-state index in [4.69, 9.17) is 0 Å². The summed E-state index contributed by atoms with van der Waals surface area (Å²) < 4.78 is 0. The fraction of sp³-hybridized carbons (Fsp3) is 1.00. The van der Waals surface area contributed by atoms with E-state index in [1.807, 2.05) is 27.7 Å². The molecule has 0 saturated carbocycles. The summed E-state index contributed by atoms with van der Waals surface area (Å²) >= 11 is 0. The van der Waals surface area contributed by atoms with Crippen LogP contribution in [-0.4, -0.2) is 26.8 Å². The Morgan fingerprint density at radius 1 is 1.12 bits per heavy atom. The lowest BCUT2D eigenvalue weighted by molar-refractivity contribution is -0.312. The Kier molecular flexibility index (Phi) is 3.73. The molecule has 0 unspecified atom stereocenters. The predicted octanol–water partition coefficient (Wildman–Crippen LogP) is 2.91. The number of hydrogen-bond acceptors (Lipinski definition) is 2. The van der Waals surface area contributed by atoms with Crippen molar-refractivity contribution < 1.29 is 10.3 Å². The average molecular weight is 228 g/mol. The fourth-order valence-corrected chi connectivity index (χ4v) is 3.32. The van der Waals surface area contributed by atoms with E-state index >= 15 is 0 Å². The molecule has 3 heteroatoms. The highest BCUT2D eigenvalue weighted by Gasteiger charge is 2.51. The van der Waals surface area contributed by atoms with Gasteiger partial charge < -0.3 is 5.11 Å². The minimum Gasteiger partial charge on any atom is -0.390 e. The van der Waals surface area contributed by atoms with Crippen LogP contribution in [0.2, 0.25) is 0 Å². The Hall–Kier alpha value is -0.120. The number of aliphatic hydroxyl groups is 1. The minimum absolute atomic E-state index is 0.468. The second-order valence-electron chi connectivity index (χ2n) is 6.60. The molecule has 1 aliphatic heterocycles. The summed E-state index contributed by atoms with van der Waals surface area (Å²) in [6, 6.07) is 0. The smallest absolute Gasteiger partial charge is 0.0684 e. The van der Waals surface area contributed by atoms with Crippen LogP contribution in [0.4, 0.5) is 0 Å². The van der Waals surface area contributed by atoms with Crippen molar-refractivity contribution in [2.45, 2.75) is 83.4 Å². The molecule has 1 radical (unpaired) electrons. The molecule has 1 rings (SSSR count). The maximum Gasteiger partial charge on any atom is 0.0684 e. The highest BCUT2D eigenvalue weighted by Crippen LogP contribution is 2.44. The first-order chi connectivity index (χ1) is 7.13. The first kappa shape index (κ1) is 13.9. The molecule has 0 aromatic rings. The minimum atomic E-state index is -0.663. The van der Waals surface area contributed by atoms with E-state index in [1.54, 1.807) is 0 Å². The van der Waals surface area contributed by atoms with Gasteiger partial charge in [-0.15, -0.1) is 10.3 Å². The summed E-state index contributed by atoms with van der Waals surface area (Å²) in [6.07, 6.45) is 4.08. The van der Waals surface area contributed by atoms with Crippen molar-refractivity contribution in [1.82, 2.24) is 5.06 Å². The molecule has 0 bridgehead atoms. The van der Waals surface area contributed by atoms with E-state index in [-0.39, 0.29) is 0 Å². The number of piperidine rings is 1. The fourth-order valence-electron chi connectivity index (χ4n) is 3.32. The molecule has 3 nitrogen and oxygen atoms in total. The molecule has 0 aromatic heterocycles. The zero-order valence-electron chi connectivity index (χ0n) is 11.3. The molecule has 0 amide bonds. The Morgan fingerprint density at radius 3 is 1.94 bits per heavy atom. The molecule has 0 aliphatic carbocycles. The molecule has 1 heterocycles. The van der Waals surface area contributed by atoms with Gasteiger partial charge in [0, 0.05) is 11.1 Å². The maximum atomic E-state index is 12.1. The van der Waals surface area contributed by atoms with Crippen LogP contribution >= 0.6 is 0 Å². The Bertz CT molecular complexity index is 230. The van der Waals surface area contributed by atoms with Gasteiger partial charge >= 0.3 is 0 Å². The molecule has 0 spiro atoms. The molecule has 1 aliphatic rings. The van der Waals surface area contributed by atoms with Crippen molar-refractivity contribution in [3.05, 3.63) is 0 Å². The second-order valence-corrected chi connectivity index (χ2v) is 6.60. The standard InChI is InChI=1S/C13H26NO2/c1-6-7-8-13(15)9-11(2,3)14(16)12(4,5)10-13/h15H,6-10H2,1-5H3. The lowest BCUT2D eigenvalue weighted by Gasteiger charge is -2.53. The highest BCUT2D eigenvalue weighted by atomic mass is 16.5. The lowest BCUT2D eigenvalue weighted by Crippen LogP contribution is -2.63. The predicted molar refractivity (Wildman–Crippen MR) is 64.4 cm³/mol. The molecule has 1 fully saturated rings. The first-order valence-electron chi connectivity index (χ1n) is 6.33. The van der Waals surface area contributed by atoms with Gasteiger partial charge in [0.15, 0.2) is 0 Å². The van der Waals surface area contributed by atoms with Gasteiger partial charge in [0.1, 0.15) is 0 Å². The van der Waals surface area contributed by atoms with Crippen LogP contribution < -0.4 is 0 Å². The molecule has 0 aromatic carbocycles. The lowest BCUT2D eigenvalue weighted by atomic mass is 9.70. The van der Waals surface area contributed by atoms with Gasteiger partial charge in [0.2, 0.25) is 0 Å². The van der Waals surface area contributed by atoms with Crippen LogP contribution in [0.15, 0.2) is 0 Å². The van der Waals surface area contributed by atoms with Crippen molar-refractivity contribution >= 4 is 0 Å². The van der Waals surface area contributed by atoms with Gasteiger partial charge in [-0.2, -0.15) is 0 Å². The van der Waals surface area contributed by atoms with Gasteiger partial charge in [0.25, 0.3) is 0 Å². The SMILES string of the molecule is CCCCC1(O)CC(C)(C)N([O])C(C)(C)C1. The van der Waals surface area contributed by atoms with E-state index in [0.29, 0.717) is 12.8 Å². The summed E-state index contributed by atoms with van der Waals surface area (Å²) in [5.74, 6) is 0. The number of hydrogen-bond donors (Lipinski definition) is 1. The zero-order chi connectivity index (χ0) is 12.6. The van der Waals surface area contributed by atoms with Gasteiger partial charge in [-0.1, -0.05) is 19.8 Å². The summed E-state index contributed by atoms with van der Waals surface area (Å²) in [6.45, 7) is 9.84. The topological polar surface area (TPSA) is 43.4 Å². The van der Waals surface area contributed by atoms with Crippen molar-refractivity contribution in [2.75, 3.05) is 0 Å². The first-order valence-corrected chi connectivity index (χ1v) is 6.33. The molecule has 0 atom stereocenters. The third kappa shape index (κ3) is 2.76. The summed E-state index contributed by atoms with van der Waals surface area (Å²) in [7, 11) is 0. The Labute approximate surface area is 99.4 Å². The second kappa shape index (κ2) is 4.28. The molecule has 1 saturated heterocycles. The summed E-state index contributed by atoms with van der Waals surface area (Å²) in [4.78, 5) is 0. The van der Waals surface area contributed by atoms with Gasteiger partial charge in [-0.3, -0.25) is 0 Å².